The van der Waals surface area contributed by atoms with Crippen molar-refractivity contribution < 1.29 is 4.42 Å². The van der Waals surface area contributed by atoms with Gasteiger partial charge in [-0.1, -0.05) is 39.5 Å². The molecule has 0 amide bonds. The Morgan fingerprint density at radius 1 is 1.38 bits per heavy atom. The summed E-state index contributed by atoms with van der Waals surface area (Å²) in [5.41, 5.74) is 1.28. The molecule has 0 fully saturated rings. The van der Waals surface area contributed by atoms with Crippen LogP contribution in [0.5, 0.6) is 0 Å². The standard InChI is InChI=1S/C14H25NO/c1-4-6-7-12(5-2)10-14(15-3)13-8-9-16-11-13/h8-9,11-12,14-15H,4-7,10H2,1-3H3. The molecule has 2 nitrogen and oxygen atoms in total. The van der Waals surface area contributed by atoms with Gasteiger partial charge in [0.05, 0.1) is 12.5 Å². The summed E-state index contributed by atoms with van der Waals surface area (Å²) >= 11 is 0. The van der Waals surface area contributed by atoms with E-state index >= 15 is 0 Å². The normalized spacial score (nSPS) is 14.9. The lowest BCUT2D eigenvalue weighted by atomic mass is 9.90. The molecule has 1 rings (SSSR count). The van der Waals surface area contributed by atoms with Gasteiger partial charge in [-0.15, -0.1) is 0 Å². The highest BCUT2D eigenvalue weighted by Crippen LogP contribution is 2.26. The first-order valence-corrected chi connectivity index (χ1v) is 6.51. The van der Waals surface area contributed by atoms with Crippen molar-refractivity contribution >= 4 is 0 Å². The van der Waals surface area contributed by atoms with Gasteiger partial charge in [0.25, 0.3) is 0 Å². The summed E-state index contributed by atoms with van der Waals surface area (Å²) in [7, 11) is 2.03. The fraction of sp³-hybridized carbons (Fsp3) is 0.714. The number of hydrogen-bond acceptors (Lipinski definition) is 2. The van der Waals surface area contributed by atoms with E-state index in [-0.39, 0.29) is 0 Å². The van der Waals surface area contributed by atoms with Crippen molar-refractivity contribution in [2.75, 3.05) is 7.05 Å². The summed E-state index contributed by atoms with van der Waals surface area (Å²) in [6.45, 7) is 4.56. The number of furan rings is 1. The second-order valence-electron chi connectivity index (χ2n) is 4.55. The molecule has 0 aliphatic rings. The summed E-state index contributed by atoms with van der Waals surface area (Å²) in [5.74, 6) is 0.826. The average molecular weight is 223 g/mol. The van der Waals surface area contributed by atoms with Crippen molar-refractivity contribution in [2.24, 2.45) is 5.92 Å². The minimum atomic E-state index is 0.445. The van der Waals surface area contributed by atoms with Crippen LogP contribution in [0.2, 0.25) is 0 Å². The third-order valence-corrected chi connectivity index (χ3v) is 3.41. The Kier molecular flexibility index (Phi) is 6.24. The molecule has 0 aliphatic heterocycles. The van der Waals surface area contributed by atoms with Crippen molar-refractivity contribution in [3.63, 3.8) is 0 Å². The first-order valence-electron chi connectivity index (χ1n) is 6.51. The lowest BCUT2D eigenvalue weighted by Gasteiger charge is -2.21. The van der Waals surface area contributed by atoms with Gasteiger partial charge in [0.1, 0.15) is 0 Å². The summed E-state index contributed by atoms with van der Waals surface area (Å²) in [5, 5.41) is 3.39. The summed E-state index contributed by atoms with van der Waals surface area (Å²) in [6.07, 6.45) is 10.1. The molecule has 92 valence electrons. The molecule has 1 aromatic rings. The van der Waals surface area contributed by atoms with Gasteiger partial charge in [0, 0.05) is 11.6 Å². The lowest BCUT2D eigenvalue weighted by Crippen LogP contribution is -2.19. The van der Waals surface area contributed by atoms with Gasteiger partial charge >= 0.3 is 0 Å². The molecule has 0 spiro atoms. The number of unbranched alkanes of at least 4 members (excludes halogenated alkanes) is 1. The molecular weight excluding hydrogens is 198 g/mol. The predicted molar refractivity (Wildman–Crippen MR) is 68.4 cm³/mol. The van der Waals surface area contributed by atoms with E-state index in [9.17, 15) is 0 Å². The van der Waals surface area contributed by atoms with E-state index in [1.54, 1.807) is 6.26 Å². The van der Waals surface area contributed by atoms with Crippen molar-refractivity contribution in [2.45, 2.75) is 52.0 Å². The number of nitrogens with one attached hydrogen (secondary N) is 1. The minimum absolute atomic E-state index is 0.445. The van der Waals surface area contributed by atoms with Gasteiger partial charge in [-0.2, -0.15) is 0 Å². The van der Waals surface area contributed by atoms with Crippen LogP contribution in [0.25, 0.3) is 0 Å². The Bertz CT molecular complexity index is 256. The second kappa shape index (κ2) is 7.50. The van der Waals surface area contributed by atoms with Crippen molar-refractivity contribution in [1.82, 2.24) is 5.32 Å². The van der Waals surface area contributed by atoms with E-state index in [4.69, 9.17) is 4.42 Å². The fourth-order valence-electron chi connectivity index (χ4n) is 2.21. The summed E-state index contributed by atoms with van der Waals surface area (Å²) < 4.78 is 5.15. The van der Waals surface area contributed by atoms with Crippen LogP contribution in [-0.4, -0.2) is 7.05 Å². The Labute approximate surface area is 99.4 Å². The van der Waals surface area contributed by atoms with E-state index in [2.05, 4.69) is 25.2 Å². The zero-order valence-electron chi connectivity index (χ0n) is 10.8. The highest BCUT2D eigenvalue weighted by atomic mass is 16.3. The zero-order chi connectivity index (χ0) is 11.8. The molecule has 0 saturated carbocycles. The molecule has 0 aromatic carbocycles. The van der Waals surface area contributed by atoms with Gasteiger partial charge in [0.2, 0.25) is 0 Å². The van der Waals surface area contributed by atoms with Gasteiger partial charge in [-0.25, -0.2) is 0 Å². The monoisotopic (exact) mass is 223 g/mol. The maximum absolute atomic E-state index is 5.15. The van der Waals surface area contributed by atoms with Gasteiger partial charge in [-0.05, 0) is 25.5 Å². The Morgan fingerprint density at radius 3 is 2.69 bits per heavy atom. The van der Waals surface area contributed by atoms with Gasteiger partial charge in [0.15, 0.2) is 0 Å². The van der Waals surface area contributed by atoms with Gasteiger partial charge < -0.3 is 9.73 Å². The Hall–Kier alpha value is -0.760. The largest absolute Gasteiger partial charge is 0.472 e. The average Bonchev–Trinajstić information content (AvgIpc) is 2.83. The summed E-state index contributed by atoms with van der Waals surface area (Å²) in [4.78, 5) is 0. The van der Waals surface area contributed by atoms with E-state index in [1.807, 2.05) is 13.3 Å². The zero-order valence-corrected chi connectivity index (χ0v) is 10.8. The van der Waals surface area contributed by atoms with Crippen molar-refractivity contribution in [3.05, 3.63) is 24.2 Å². The predicted octanol–water partition coefficient (Wildman–Crippen LogP) is 4.15. The minimum Gasteiger partial charge on any atom is -0.472 e. The molecular formula is C14H25NO. The molecule has 1 aromatic heterocycles. The second-order valence-corrected chi connectivity index (χ2v) is 4.55. The molecule has 2 atom stereocenters. The third-order valence-electron chi connectivity index (χ3n) is 3.41. The molecule has 0 bridgehead atoms. The molecule has 2 unspecified atom stereocenters. The van der Waals surface area contributed by atoms with E-state index in [0.29, 0.717) is 6.04 Å². The van der Waals surface area contributed by atoms with Crippen LogP contribution in [0.4, 0.5) is 0 Å². The first-order chi connectivity index (χ1) is 7.81. The van der Waals surface area contributed by atoms with E-state index < -0.39 is 0 Å². The SMILES string of the molecule is CCCCC(CC)CC(NC)c1ccoc1. The highest BCUT2D eigenvalue weighted by molar-refractivity contribution is 5.11. The Morgan fingerprint density at radius 2 is 2.19 bits per heavy atom. The number of rotatable bonds is 8. The smallest absolute Gasteiger partial charge is 0.0950 e. The third kappa shape index (κ3) is 4.01. The molecule has 16 heavy (non-hydrogen) atoms. The topological polar surface area (TPSA) is 25.2 Å². The van der Waals surface area contributed by atoms with Crippen LogP contribution in [0, 0.1) is 5.92 Å². The van der Waals surface area contributed by atoms with Gasteiger partial charge in [-0.3, -0.25) is 0 Å². The maximum Gasteiger partial charge on any atom is 0.0950 e. The van der Waals surface area contributed by atoms with E-state index in [0.717, 1.165) is 5.92 Å². The molecule has 1 heterocycles. The number of hydrogen-bond donors (Lipinski definition) is 1. The molecule has 1 N–H and O–H groups in total. The van der Waals surface area contributed by atoms with Crippen molar-refractivity contribution in [3.8, 4) is 0 Å². The van der Waals surface area contributed by atoms with Crippen LogP contribution < -0.4 is 5.32 Å². The van der Waals surface area contributed by atoms with Crippen LogP contribution in [0.15, 0.2) is 23.0 Å². The molecule has 0 radical (unpaired) electrons. The van der Waals surface area contributed by atoms with Crippen LogP contribution in [-0.2, 0) is 0 Å². The van der Waals surface area contributed by atoms with Crippen LogP contribution >= 0.6 is 0 Å². The maximum atomic E-state index is 5.15. The molecule has 2 heteroatoms. The van der Waals surface area contributed by atoms with Crippen molar-refractivity contribution in [1.29, 1.82) is 0 Å². The quantitative estimate of drug-likeness (QED) is 0.716. The van der Waals surface area contributed by atoms with Crippen LogP contribution in [0.1, 0.15) is 57.6 Å². The summed E-state index contributed by atoms with van der Waals surface area (Å²) in [6, 6.07) is 2.51. The fourth-order valence-corrected chi connectivity index (χ4v) is 2.21. The first kappa shape index (κ1) is 13.3. The lowest BCUT2D eigenvalue weighted by molar-refractivity contribution is 0.363. The van der Waals surface area contributed by atoms with E-state index in [1.165, 1.54) is 37.7 Å². The Balaban J connectivity index is 2.47. The van der Waals surface area contributed by atoms with Crippen LogP contribution in [0.3, 0.4) is 0 Å². The molecule has 0 aliphatic carbocycles. The highest BCUT2D eigenvalue weighted by Gasteiger charge is 2.15. The molecule has 0 saturated heterocycles.